The van der Waals surface area contributed by atoms with Crippen LogP contribution in [0, 0.1) is 23.7 Å². The van der Waals surface area contributed by atoms with Gasteiger partial charge >= 0.3 is 186 Å². The third-order valence-corrected chi connectivity index (χ3v) is 9.98. The molecule has 0 bridgehead atoms. The van der Waals surface area contributed by atoms with Gasteiger partial charge in [-0.25, -0.2) is 0 Å². The van der Waals surface area contributed by atoms with Crippen molar-refractivity contribution < 1.29 is 33.1 Å². The summed E-state index contributed by atoms with van der Waals surface area (Å²) in [7, 11) is 0. The van der Waals surface area contributed by atoms with Crippen LogP contribution in [0.25, 0.3) is 0 Å². The Kier molecular flexibility index (Phi) is 9.77. The quantitative estimate of drug-likeness (QED) is 0.192. The molecule has 0 heterocycles. The number of hydrogen-bond acceptors (Lipinski definition) is 6. The summed E-state index contributed by atoms with van der Waals surface area (Å²) in [6.45, 7) is 5.88. The molecular formula is C22H35IO7. The van der Waals surface area contributed by atoms with E-state index < -0.39 is 44.5 Å². The predicted molar refractivity (Wildman–Crippen MR) is 122 cm³/mol. The summed E-state index contributed by atoms with van der Waals surface area (Å²) < 4.78 is 17.0. The monoisotopic (exact) mass is 538 g/mol. The van der Waals surface area contributed by atoms with E-state index in [2.05, 4.69) is 13.0 Å². The maximum absolute atomic E-state index is 12.4. The van der Waals surface area contributed by atoms with Crippen molar-refractivity contribution in [3.8, 4) is 0 Å². The fourth-order valence-corrected chi connectivity index (χ4v) is 7.57. The number of ether oxygens (including phenoxy) is 1. The van der Waals surface area contributed by atoms with Gasteiger partial charge in [0.1, 0.15) is 0 Å². The van der Waals surface area contributed by atoms with E-state index in [4.69, 9.17) is 9.84 Å². The Bertz CT molecular complexity index is 662. The molecule has 30 heavy (non-hydrogen) atoms. The molecule has 7 nitrogen and oxygen atoms in total. The molecule has 172 valence electrons. The SMILES string of the molecule is CC[C@H](C)C(=O)O[C@H]1C[C@@H](O)C=C2C=C[C@H](C)C(CCI(O)C[C@@H](O)CC(=O)O)[C@H]21. The molecular weight excluding hydrogens is 503 g/mol. The molecule has 2 aliphatic carbocycles. The summed E-state index contributed by atoms with van der Waals surface area (Å²) in [6, 6.07) is 0. The molecule has 0 radical (unpaired) electrons. The van der Waals surface area contributed by atoms with E-state index in [9.17, 15) is 23.2 Å². The van der Waals surface area contributed by atoms with Crippen molar-refractivity contribution in [2.45, 2.75) is 64.8 Å². The fourth-order valence-electron chi connectivity index (χ4n) is 4.21. The van der Waals surface area contributed by atoms with Crippen LogP contribution in [0.2, 0.25) is 0 Å². The maximum atomic E-state index is 12.4. The first-order valence-corrected chi connectivity index (χ1v) is 14.6. The zero-order valence-electron chi connectivity index (χ0n) is 17.9. The number of halogens is 1. The van der Waals surface area contributed by atoms with E-state index in [1.807, 2.05) is 26.0 Å². The molecule has 0 aromatic rings. The molecule has 7 atom stereocenters. The zero-order chi connectivity index (χ0) is 22.4. The summed E-state index contributed by atoms with van der Waals surface area (Å²) in [5, 5.41) is 28.8. The summed E-state index contributed by atoms with van der Waals surface area (Å²) in [5.74, 6) is -1.18. The number of esters is 1. The van der Waals surface area contributed by atoms with Gasteiger partial charge < -0.3 is 0 Å². The molecule has 0 aromatic carbocycles. The minimum atomic E-state index is -2.45. The molecule has 2 rings (SSSR count). The van der Waals surface area contributed by atoms with Gasteiger partial charge in [-0.2, -0.15) is 0 Å². The van der Waals surface area contributed by atoms with Crippen molar-refractivity contribution in [1.82, 2.24) is 0 Å². The van der Waals surface area contributed by atoms with Gasteiger partial charge in [0.25, 0.3) is 0 Å². The third kappa shape index (κ3) is 7.03. The van der Waals surface area contributed by atoms with Crippen LogP contribution in [0.3, 0.4) is 0 Å². The fraction of sp³-hybridized carbons (Fsp3) is 0.727. The number of carbonyl (C=O) groups excluding carboxylic acids is 1. The van der Waals surface area contributed by atoms with Crippen LogP contribution in [-0.4, -0.2) is 57.9 Å². The van der Waals surface area contributed by atoms with Gasteiger partial charge in [-0.15, -0.1) is 0 Å². The van der Waals surface area contributed by atoms with Crippen molar-refractivity contribution in [3.05, 3.63) is 23.8 Å². The van der Waals surface area contributed by atoms with Gasteiger partial charge in [0.15, 0.2) is 0 Å². The van der Waals surface area contributed by atoms with Crippen LogP contribution in [-0.2, 0) is 14.3 Å². The topological polar surface area (TPSA) is 124 Å². The van der Waals surface area contributed by atoms with Crippen LogP contribution >= 0.6 is 20.2 Å². The number of carboxylic acids is 1. The normalized spacial score (nSPS) is 30.7. The van der Waals surface area contributed by atoms with Crippen molar-refractivity contribution >= 4 is 32.2 Å². The van der Waals surface area contributed by atoms with E-state index in [1.165, 1.54) is 0 Å². The molecule has 0 saturated carbocycles. The number of carboxylic acid groups (broad SMARTS) is 1. The molecule has 0 saturated heterocycles. The molecule has 4 N–H and O–H groups in total. The number of allylic oxidation sites excluding steroid dienone is 2. The second kappa shape index (κ2) is 11.6. The first kappa shape index (κ1) is 25.3. The third-order valence-electron chi connectivity index (χ3n) is 6.08. The second-order valence-electron chi connectivity index (χ2n) is 8.47. The Balaban J connectivity index is 2.09. The summed E-state index contributed by atoms with van der Waals surface area (Å²) in [4.78, 5) is 23.2. The molecule has 0 aromatic heterocycles. The van der Waals surface area contributed by atoms with Crippen molar-refractivity contribution in [2.75, 3.05) is 8.86 Å². The Morgan fingerprint density at radius 3 is 2.70 bits per heavy atom. The summed E-state index contributed by atoms with van der Waals surface area (Å²) in [6.07, 6.45) is 5.28. The summed E-state index contributed by atoms with van der Waals surface area (Å²) >= 11 is -2.45. The van der Waals surface area contributed by atoms with Crippen molar-refractivity contribution in [2.24, 2.45) is 23.7 Å². The predicted octanol–water partition coefficient (Wildman–Crippen LogP) is 2.71. The molecule has 0 aliphatic heterocycles. The number of carbonyl (C=O) groups is 2. The van der Waals surface area contributed by atoms with Gasteiger partial charge in [0, 0.05) is 0 Å². The Labute approximate surface area is 186 Å². The standard InChI is InChI=1S/C22H35IO7/c1-4-13(2)22(28)30-19-10-16(24)9-15-6-5-14(3)18(21(15)19)7-8-23(29)12-17(25)11-20(26)27/h5-6,9,13-14,16-19,21,24-25,29H,4,7-8,10-12H2,1-3H3,(H,26,27)/t13-,14-,16-,17-,18?,19-,21-/m0/s1. The van der Waals surface area contributed by atoms with Gasteiger partial charge in [0.2, 0.25) is 0 Å². The number of aliphatic hydroxyl groups excluding tert-OH is 2. The van der Waals surface area contributed by atoms with Crippen molar-refractivity contribution in [3.63, 3.8) is 0 Å². The Hall–Kier alpha value is -0.970. The van der Waals surface area contributed by atoms with Gasteiger partial charge in [0.05, 0.1) is 0 Å². The first-order chi connectivity index (χ1) is 14.1. The second-order valence-corrected chi connectivity index (χ2v) is 12.9. The van der Waals surface area contributed by atoms with Gasteiger partial charge in [-0.1, -0.05) is 0 Å². The molecule has 0 amide bonds. The number of hydrogen-bond donors (Lipinski definition) is 4. The molecule has 2 aliphatic rings. The van der Waals surface area contributed by atoms with Crippen LogP contribution in [0.5, 0.6) is 0 Å². The number of fused-ring (bicyclic) bond motifs is 1. The average Bonchev–Trinajstić information content (AvgIpc) is 2.65. The van der Waals surface area contributed by atoms with Gasteiger partial charge in [-0.3, -0.25) is 0 Å². The van der Waals surface area contributed by atoms with Crippen LogP contribution in [0.15, 0.2) is 23.8 Å². The molecule has 0 fully saturated rings. The number of alkyl halides is 2. The molecule has 1 unspecified atom stereocenters. The van der Waals surface area contributed by atoms with Crippen LogP contribution < -0.4 is 0 Å². The van der Waals surface area contributed by atoms with E-state index in [0.717, 1.165) is 5.57 Å². The van der Waals surface area contributed by atoms with Crippen molar-refractivity contribution in [1.29, 1.82) is 0 Å². The average molecular weight is 538 g/mol. The summed E-state index contributed by atoms with van der Waals surface area (Å²) in [5.41, 5.74) is 0.975. The Morgan fingerprint density at radius 2 is 2.07 bits per heavy atom. The van der Waals surface area contributed by atoms with Crippen LogP contribution in [0.4, 0.5) is 0 Å². The van der Waals surface area contributed by atoms with E-state index in [-0.39, 0.29) is 40.5 Å². The van der Waals surface area contributed by atoms with E-state index in [0.29, 0.717) is 23.7 Å². The van der Waals surface area contributed by atoms with E-state index >= 15 is 0 Å². The Morgan fingerprint density at radius 1 is 1.37 bits per heavy atom. The minimum absolute atomic E-state index is 0.0328. The molecule has 0 spiro atoms. The number of aliphatic hydroxyl groups is 2. The number of rotatable bonds is 10. The van der Waals surface area contributed by atoms with E-state index in [1.54, 1.807) is 0 Å². The zero-order valence-corrected chi connectivity index (χ0v) is 20.1. The first-order valence-electron chi connectivity index (χ1n) is 10.6. The number of aliphatic carboxylic acids is 1. The molecule has 8 heteroatoms. The van der Waals surface area contributed by atoms with Crippen LogP contribution in [0.1, 0.15) is 46.5 Å². The van der Waals surface area contributed by atoms with Gasteiger partial charge in [-0.05, 0) is 0 Å².